The molecule has 6 nitrogen and oxygen atoms in total. The van der Waals surface area contributed by atoms with Crippen molar-refractivity contribution in [2.24, 2.45) is 0 Å². The lowest BCUT2D eigenvalue weighted by Crippen LogP contribution is -2.27. The third kappa shape index (κ3) is 4.85. The van der Waals surface area contributed by atoms with Crippen LogP contribution in [-0.2, 0) is 4.74 Å². The topological polar surface area (TPSA) is 77.5 Å². The number of aromatic nitrogens is 1. The lowest BCUT2D eigenvalue weighted by Gasteiger charge is -2.19. The molecule has 0 aliphatic heterocycles. The number of nitrogens with zero attached hydrogens (tertiary/aromatic N) is 1. The van der Waals surface area contributed by atoms with E-state index in [1.54, 1.807) is 45.0 Å². The van der Waals surface area contributed by atoms with Crippen LogP contribution in [0, 0.1) is 0 Å². The maximum atomic E-state index is 11.6. The molecule has 0 aliphatic carbocycles. The van der Waals surface area contributed by atoms with E-state index in [0.29, 0.717) is 21.5 Å². The summed E-state index contributed by atoms with van der Waals surface area (Å²) in [7, 11) is 0. The molecule has 1 heterocycles. The van der Waals surface area contributed by atoms with Gasteiger partial charge in [-0.1, -0.05) is 11.3 Å². The Balaban J connectivity index is 1.95. The molecule has 1 aromatic heterocycles. The molecular formula is C15H16N2O4S. The molecule has 0 aliphatic rings. The van der Waals surface area contributed by atoms with Crippen LogP contribution in [0.15, 0.2) is 30.5 Å². The molecule has 0 saturated carbocycles. The quantitative estimate of drug-likeness (QED) is 0.858. The van der Waals surface area contributed by atoms with Crippen LogP contribution >= 0.6 is 11.3 Å². The first-order valence-corrected chi connectivity index (χ1v) is 7.36. The molecule has 2 rings (SSSR count). The van der Waals surface area contributed by atoms with Crippen LogP contribution in [0.4, 0.5) is 10.5 Å². The summed E-state index contributed by atoms with van der Waals surface area (Å²) in [5.74, 6) is 0.557. The molecular weight excluding hydrogens is 304 g/mol. The Bertz CT molecular complexity index is 659. The molecule has 0 unspecified atom stereocenters. The van der Waals surface area contributed by atoms with Crippen molar-refractivity contribution in [2.75, 3.05) is 5.32 Å². The second kappa shape index (κ2) is 6.57. The number of nitrogens with one attached hydrogen (secondary N) is 1. The first kappa shape index (κ1) is 16.0. The van der Waals surface area contributed by atoms with Crippen LogP contribution in [-0.4, -0.2) is 23.0 Å². The summed E-state index contributed by atoms with van der Waals surface area (Å²) in [4.78, 5) is 26.7. The maximum Gasteiger partial charge on any atom is 0.412 e. The number of carbonyl (C=O) groups excluding carboxylic acids is 2. The Morgan fingerprint density at radius 2 is 1.95 bits per heavy atom. The molecule has 0 spiro atoms. The normalized spacial score (nSPS) is 10.9. The maximum absolute atomic E-state index is 11.6. The van der Waals surface area contributed by atoms with Gasteiger partial charge in [-0.25, -0.2) is 9.78 Å². The number of thiazole rings is 1. The molecule has 1 amide bonds. The fraction of sp³-hybridized carbons (Fsp3) is 0.267. The standard InChI is InChI=1S/C15H16N2O4S/c1-15(2,3)21-13(19)17-10-4-6-11(7-5-10)20-14-16-8-12(9-18)22-14/h4-9H,1-3H3,(H,17,19). The van der Waals surface area contributed by atoms with Gasteiger partial charge in [-0.2, -0.15) is 0 Å². The van der Waals surface area contributed by atoms with Gasteiger partial charge in [-0.05, 0) is 45.0 Å². The number of rotatable bonds is 4. The predicted octanol–water partition coefficient (Wildman–Crippen LogP) is 4.09. The highest BCUT2D eigenvalue weighted by Gasteiger charge is 2.16. The van der Waals surface area contributed by atoms with Crippen LogP contribution < -0.4 is 10.1 Å². The van der Waals surface area contributed by atoms with E-state index in [1.165, 1.54) is 6.20 Å². The fourth-order valence-corrected chi connectivity index (χ4v) is 2.10. The lowest BCUT2D eigenvalue weighted by molar-refractivity contribution is 0.0636. The van der Waals surface area contributed by atoms with Gasteiger partial charge in [-0.3, -0.25) is 10.1 Å². The van der Waals surface area contributed by atoms with Crippen LogP contribution in [0.25, 0.3) is 0 Å². The minimum atomic E-state index is -0.547. The van der Waals surface area contributed by atoms with E-state index in [4.69, 9.17) is 9.47 Å². The van der Waals surface area contributed by atoms with Crippen molar-refractivity contribution in [3.63, 3.8) is 0 Å². The number of hydrogen-bond acceptors (Lipinski definition) is 6. The monoisotopic (exact) mass is 320 g/mol. The van der Waals surface area contributed by atoms with Crippen LogP contribution in [0.5, 0.6) is 10.9 Å². The highest BCUT2D eigenvalue weighted by molar-refractivity contribution is 7.15. The van der Waals surface area contributed by atoms with Crippen molar-refractivity contribution in [3.05, 3.63) is 35.3 Å². The summed E-state index contributed by atoms with van der Waals surface area (Å²) in [6, 6.07) is 6.75. The molecule has 0 radical (unpaired) electrons. The average molecular weight is 320 g/mol. The Hall–Kier alpha value is -2.41. The molecule has 116 valence electrons. The van der Waals surface area contributed by atoms with E-state index in [9.17, 15) is 9.59 Å². The van der Waals surface area contributed by atoms with E-state index in [2.05, 4.69) is 10.3 Å². The number of benzene rings is 1. The predicted molar refractivity (Wildman–Crippen MR) is 83.9 cm³/mol. The molecule has 0 atom stereocenters. The van der Waals surface area contributed by atoms with Crippen LogP contribution in [0.2, 0.25) is 0 Å². The summed E-state index contributed by atoms with van der Waals surface area (Å²) in [6.45, 7) is 5.39. The number of hydrogen-bond donors (Lipinski definition) is 1. The van der Waals surface area contributed by atoms with Crippen molar-refractivity contribution in [1.29, 1.82) is 0 Å². The number of ether oxygens (including phenoxy) is 2. The van der Waals surface area contributed by atoms with Gasteiger partial charge in [0.2, 0.25) is 0 Å². The van der Waals surface area contributed by atoms with Crippen molar-refractivity contribution in [3.8, 4) is 10.9 Å². The Morgan fingerprint density at radius 3 is 2.50 bits per heavy atom. The molecule has 22 heavy (non-hydrogen) atoms. The van der Waals surface area contributed by atoms with Gasteiger partial charge in [0.15, 0.2) is 6.29 Å². The SMILES string of the molecule is CC(C)(C)OC(=O)Nc1ccc(Oc2ncc(C=O)s2)cc1. The average Bonchev–Trinajstić information content (AvgIpc) is 2.86. The number of aldehydes is 1. The summed E-state index contributed by atoms with van der Waals surface area (Å²) in [6.07, 6.45) is 1.65. The zero-order valence-electron chi connectivity index (χ0n) is 12.5. The fourth-order valence-electron chi connectivity index (χ4n) is 1.50. The highest BCUT2D eigenvalue weighted by Crippen LogP contribution is 2.26. The highest BCUT2D eigenvalue weighted by atomic mass is 32.1. The second-order valence-electron chi connectivity index (χ2n) is 5.40. The smallest absolute Gasteiger partial charge is 0.412 e. The minimum Gasteiger partial charge on any atom is -0.444 e. The van der Waals surface area contributed by atoms with E-state index in [0.717, 1.165) is 17.6 Å². The Kier molecular flexibility index (Phi) is 4.77. The molecule has 0 fully saturated rings. The van der Waals surface area contributed by atoms with Crippen LogP contribution in [0.1, 0.15) is 30.4 Å². The van der Waals surface area contributed by atoms with Crippen molar-refractivity contribution in [2.45, 2.75) is 26.4 Å². The van der Waals surface area contributed by atoms with Gasteiger partial charge in [0.25, 0.3) is 5.19 Å². The molecule has 2 aromatic rings. The third-order valence-corrected chi connectivity index (χ3v) is 3.12. The van der Waals surface area contributed by atoms with Gasteiger partial charge < -0.3 is 9.47 Å². The molecule has 1 aromatic carbocycles. The van der Waals surface area contributed by atoms with Gasteiger partial charge in [0.05, 0.1) is 11.1 Å². The third-order valence-electron chi connectivity index (χ3n) is 2.32. The van der Waals surface area contributed by atoms with Gasteiger partial charge in [-0.15, -0.1) is 0 Å². The van der Waals surface area contributed by atoms with Gasteiger partial charge in [0, 0.05) is 5.69 Å². The van der Waals surface area contributed by atoms with E-state index >= 15 is 0 Å². The zero-order chi connectivity index (χ0) is 16.2. The first-order valence-electron chi connectivity index (χ1n) is 6.55. The van der Waals surface area contributed by atoms with Crippen LogP contribution in [0.3, 0.4) is 0 Å². The summed E-state index contributed by atoms with van der Waals surface area (Å²) < 4.78 is 10.7. The molecule has 0 bridgehead atoms. The van der Waals surface area contributed by atoms with Gasteiger partial charge in [0.1, 0.15) is 11.4 Å². The van der Waals surface area contributed by atoms with E-state index in [1.807, 2.05) is 0 Å². The number of anilines is 1. The summed E-state index contributed by atoms with van der Waals surface area (Å²) >= 11 is 1.16. The largest absolute Gasteiger partial charge is 0.444 e. The van der Waals surface area contributed by atoms with E-state index in [-0.39, 0.29) is 0 Å². The molecule has 0 saturated heterocycles. The van der Waals surface area contributed by atoms with Crippen molar-refractivity contribution in [1.82, 2.24) is 4.98 Å². The zero-order valence-corrected chi connectivity index (χ0v) is 13.3. The number of amides is 1. The Morgan fingerprint density at radius 1 is 1.27 bits per heavy atom. The molecule has 1 N–H and O–H groups in total. The van der Waals surface area contributed by atoms with Crippen molar-refractivity contribution >= 4 is 29.4 Å². The van der Waals surface area contributed by atoms with E-state index < -0.39 is 11.7 Å². The molecule has 7 heteroatoms. The Labute approximate surface area is 132 Å². The first-order chi connectivity index (χ1) is 10.4. The lowest BCUT2D eigenvalue weighted by atomic mass is 10.2. The minimum absolute atomic E-state index is 0.384. The van der Waals surface area contributed by atoms with Crippen molar-refractivity contribution < 1.29 is 19.1 Å². The summed E-state index contributed by atoms with van der Waals surface area (Å²) in [5.41, 5.74) is 0.0446. The second-order valence-corrected chi connectivity index (χ2v) is 6.42. The van der Waals surface area contributed by atoms with Gasteiger partial charge >= 0.3 is 6.09 Å². The number of carbonyl (C=O) groups is 2. The summed E-state index contributed by atoms with van der Waals surface area (Å²) in [5, 5.41) is 3.01.